The van der Waals surface area contributed by atoms with Crippen LogP contribution in [0, 0.1) is 0 Å². The Morgan fingerprint density at radius 3 is 1.70 bits per heavy atom. The molecule has 0 fully saturated rings. The molecule has 0 aliphatic rings. The van der Waals surface area contributed by atoms with Crippen LogP contribution in [0.4, 0.5) is 0 Å². The van der Waals surface area contributed by atoms with Crippen LogP contribution in [-0.4, -0.2) is 11.1 Å². The molecule has 0 aromatic heterocycles. The number of carbonyl (C=O) groups is 1. The van der Waals surface area contributed by atoms with Crippen molar-refractivity contribution >= 4 is 5.97 Å². The fourth-order valence-electron chi connectivity index (χ4n) is 2.43. The molecule has 0 saturated heterocycles. The third-order valence-corrected chi connectivity index (χ3v) is 3.83. The minimum Gasteiger partial charge on any atom is -0.478 e. The number of unbranched alkanes of at least 4 members (excludes halogenated alkanes) is 10. The lowest BCUT2D eigenvalue weighted by atomic mass is 10.1. The highest BCUT2D eigenvalue weighted by molar-refractivity contribution is 5.79. The molecular formula is C21H36O2. The van der Waals surface area contributed by atoms with Crippen LogP contribution < -0.4 is 0 Å². The molecule has 0 saturated carbocycles. The van der Waals surface area contributed by atoms with Gasteiger partial charge in [0.05, 0.1) is 0 Å². The number of carboxylic acids is 1. The SMILES string of the molecule is CCCCCC=CCC=CCCCCCCCCC=CC(=O)O. The molecule has 0 heterocycles. The molecule has 0 radical (unpaired) electrons. The summed E-state index contributed by atoms with van der Waals surface area (Å²) in [6.07, 6.45) is 28.0. The molecule has 0 aromatic rings. The second-order valence-electron chi connectivity index (χ2n) is 6.11. The Labute approximate surface area is 143 Å². The van der Waals surface area contributed by atoms with Gasteiger partial charge in [0.15, 0.2) is 0 Å². The van der Waals surface area contributed by atoms with E-state index in [1.54, 1.807) is 6.08 Å². The first-order valence-corrected chi connectivity index (χ1v) is 9.46. The number of hydrogen-bond donors (Lipinski definition) is 1. The van der Waals surface area contributed by atoms with Crippen molar-refractivity contribution in [1.29, 1.82) is 0 Å². The Kier molecular flexibility index (Phi) is 17.7. The lowest BCUT2D eigenvalue weighted by Gasteiger charge is -1.99. The number of aliphatic carboxylic acids is 1. The standard InChI is InChI=1S/C21H36O2/c1-2-3-4-5-6-7-8-9-10-11-12-13-14-15-16-17-18-19-20-21(22)23/h6-7,9-10,19-20H,2-5,8,11-18H2,1H3,(H,22,23). The average Bonchev–Trinajstić information content (AvgIpc) is 2.53. The zero-order valence-corrected chi connectivity index (χ0v) is 15.0. The van der Waals surface area contributed by atoms with Crippen molar-refractivity contribution in [2.45, 2.75) is 90.4 Å². The van der Waals surface area contributed by atoms with Gasteiger partial charge in [0, 0.05) is 6.08 Å². The minimum atomic E-state index is -0.843. The predicted molar refractivity (Wildman–Crippen MR) is 101 cm³/mol. The summed E-state index contributed by atoms with van der Waals surface area (Å²) in [4.78, 5) is 10.3. The normalized spacial score (nSPS) is 12.0. The molecule has 0 unspecified atom stereocenters. The van der Waals surface area contributed by atoms with E-state index in [-0.39, 0.29) is 0 Å². The Balaban J connectivity index is 3.20. The van der Waals surface area contributed by atoms with Crippen molar-refractivity contribution in [2.75, 3.05) is 0 Å². The van der Waals surface area contributed by atoms with Crippen LogP contribution in [0.25, 0.3) is 0 Å². The molecule has 0 bridgehead atoms. The summed E-state index contributed by atoms with van der Waals surface area (Å²) in [7, 11) is 0. The fraction of sp³-hybridized carbons (Fsp3) is 0.667. The van der Waals surface area contributed by atoms with Crippen LogP contribution in [-0.2, 0) is 4.79 Å². The summed E-state index contributed by atoms with van der Waals surface area (Å²) in [5.41, 5.74) is 0. The largest absolute Gasteiger partial charge is 0.478 e. The van der Waals surface area contributed by atoms with Gasteiger partial charge in [-0.15, -0.1) is 0 Å². The maximum absolute atomic E-state index is 10.3. The van der Waals surface area contributed by atoms with E-state index >= 15 is 0 Å². The molecule has 0 aliphatic heterocycles. The second kappa shape index (κ2) is 18.7. The number of allylic oxidation sites excluding steroid dienone is 5. The first-order chi connectivity index (χ1) is 11.3. The van der Waals surface area contributed by atoms with Gasteiger partial charge in [0.2, 0.25) is 0 Å². The quantitative estimate of drug-likeness (QED) is 0.192. The van der Waals surface area contributed by atoms with Gasteiger partial charge in [-0.3, -0.25) is 0 Å². The van der Waals surface area contributed by atoms with Gasteiger partial charge >= 0.3 is 5.97 Å². The third-order valence-electron chi connectivity index (χ3n) is 3.83. The zero-order valence-electron chi connectivity index (χ0n) is 15.0. The van der Waals surface area contributed by atoms with E-state index in [1.807, 2.05) is 0 Å². The van der Waals surface area contributed by atoms with Gasteiger partial charge < -0.3 is 5.11 Å². The number of hydrogen-bond acceptors (Lipinski definition) is 1. The van der Waals surface area contributed by atoms with E-state index in [0.29, 0.717) is 0 Å². The lowest BCUT2D eigenvalue weighted by Crippen LogP contribution is -1.85. The van der Waals surface area contributed by atoms with Crippen molar-refractivity contribution in [3.63, 3.8) is 0 Å². The molecule has 23 heavy (non-hydrogen) atoms. The van der Waals surface area contributed by atoms with E-state index in [4.69, 9.17) is 5.11 Å². The minimum absolute atomic E-state index is 0.843. The average molecular weight is 321 g/mol. The van der Waals surface area contributed by atoms with Crippen LogP contribution >= 0.6 is 0 Å². The van der Waals surface area contributed by atoms with Gasteiger partial charge in [0.1, 0.15) is 0 Å². The predicted octanol–water partition coefficient (Wildman–Crippen LogP) is 6.83. The van der Waals surface area contributed by atoms with E-state index in [2.05, 4.69) is 31.2 Å². The zero-order chi connectivity index (χ0) is 17.0. The highest BCUT2D eigenvalue weighted by Gasteiger charge is 1.91. The molecule has 1 N–H and O–H groups in total. The Hall–Kier alpha value is -1.31. The van der Waals surface area contributed by atoms with Crippen LogP contribution in [0.1, 0.15) is 90.4 Å². The van der Waals surface area contributed by atoms with Gasteiger partial charge in [0.25, 0.3) is 0 Å². The summed E-state index contributed by atoms with van der Waals surface area (Å²) in [6, 6.07) is 0. The van der Waals surface area contributed by atoms with Gasteiger partial charge in [-0.1, -0.05) is 75.8 Å². The molecule has 0 rings (SSSR count). The molecule has 0 aliphatic carbocycles. The monoisotopic (exact) mass is 320 g/mol. The summed E-state index contributed by atoms with van der Waals surface area (Å²) < 4.78 is 0. The summed E-state index contributed by atoms with van der Waals surface area (Å²) in [5.74, 6) is -0.843. The molecule has 0 spiro atoms. The van der Waals surface area contributed by atoms with E-state index < -0.39 is 5.97 Å². The van der Waals surface area contributed by atoms with Crippen molar-refractivity contribution in [2.24, 2.45) is 0 Å². The van der Waals surface area contributed by atoms with Gasteiger partial charge in [-0.25, -0.2) is 4.79 Å². The van der Waals surface area contributed by atoms with Crippen LogP contribution in [0.2, 0.25) is 0 Å². The number of rotatable bonds is 16. The Bertz CT molecular complexity index is 340. The second-order valence-corrected chi connectivity index (χ2v) is 6.11. The summed E-state index contributed by atoms with van der Waals surface area (Å²) >= 11 is 0. The summed E-state index contributed by atoms with van der Waals surface area (Å²) in [6.45, 7) is 2.24. The molecule has 2 nitrogen and oxygen atoms in total. The molecule has 132 valence electrons. The van der Waals surface area contributed by atoms with Crippen molar-refractivity contribution in [1.82, 2.24) is 0 Å². The molecule has 0 atom stereocenters. The third kappa shape index (κ3) is 20.7. The van der Waals surface area contributed by atoms with E-state index in [9.17, 15) is 4.79 Å². The van der Waals surface area contributed by atoms with Crippen LogP contribution in [0.5, 0.6) is 0 Å². The molecular weight excluding hydrogens is 284 g/mol. The highest BCUT2D eigenvalue weighted by atomic mass is 16.4. The number of carboxylic acid groups (broad SMARTS) is 1. The van der Waals surface area contributed by atoms with Crippen LogP contribution in [0.3, 0.4) is 0 Å². The molecule has 0 amide bonds. The van der Waals surface area contributed by atoms with Crippen molar-refractivity contribution in [3.05, 3.63) is 36.5 Å². The van der Waals surface area contributed by atoms with Gasteiger partial charge in [-0.2, -0.15) is 0 Å². The first-order valence-electron chi connectivity index (χ1n) is 9.46. The van der Waals surface area contributed by atoms with E-state index in [1.165, 1.54) is 70.3 Å². The smallest absolute Gasteiger partial charge is 0.327 e. The fourth-order valence-corrected chi connectivity index (χ4v) is 2.43. The van der Waals surface area contributed by atoms with Crippen LogP contribution in [0.15, 0.2) is 36.5 Å². The topological polar surface area (TPSA) is 37.3 Å². The Morgan fingerprint density at radius 2 is 1.17 bits per heavy atom. The first kappa shape index (κ1) is 21.7. The lowest BCUT2D eigenvalue weighted by molar-refractivity contribution is -0.131. The van der Waals surface area contributed by atoms with Crippen molar-refractivity contribution < 1.29 is 9.90 Å². The summed E-state index contributed by atoms with van der Waals surface area (Å²) in [5, 5.41) is 8.45. The maximum atomic E-state index is 10.3. The van der Waals surface area contributed by atoms with E-state index in [0.717, 1.165) is 19.3 Å². The van der Waals surface area contributed by atoms with Gasteiger partial charge in [-0.05, 0) is 44.9 Å². The highest BCUT2D eigenvalue weighted by Crippen LogP contribution is 2.09. The molecule has 2 heteroatoms. The van der Waals surface area contributed by atoms with Crippen molar-refractivity contribution in [3.8, 4) is 0 Å². The Morgan fingerprint density at radius 1 is 0.696 bits per heavy atom. The molecule has 0 aromatic carbocycles. The maximum Gasteiger partial charge on any atom is 0.327 e.